The molecule has 2 heterocycles. The van der Waals surface area contributed by atoms with Crippen molar-refractivity contribution >= 4 is 38.9 Å². The fourth-order valence-corrected chi connectivity index (χ4v) is 6.61. The number of nitrogens with one attached hydrogen (secondary N) is 2. The number of furan rings is 1. The molecule has 0 radical (unpaired) electrons. The van der Waals surface area contributed by atoms with Crippen molar-refractivity contribution in [1.29, 1.82) is 0 Å². The molecule has 0 unspecified atom stereocenters. The molecule has 1 fully saturated rings. The zero-order chi connectivity index (χ0) is 23.4. The van der Waals surface area contributed by atoms with E-state index in [-0.39, 0.29) is 38.4 Å². The van der Waals surface area contributed by atoms with Crippen molar-refractivity contribution in [3.63, 3.8) is 0 Å². The van der Waals surface area contributed by atoms with E-state index >= 15 is 0 Å². The molecule has 1 aliphatic heterocycles. The second kappa shape index (κ2) is 10.3. The highest BCUT2D eigenvalue weighted by molar-refractivity contribution is 7.90. The Balaban J connectivity index is 1.32. The molecule has 0 saturated carbocycles. The molecule has 1 aliphatic rings. The lowest BCUT2D eigenvalue weighted by Gasteiger charge is -2.29. The predicted octanol–water partition coefficient (Wildman–Crippen LogP) is 3.54. The van der Waals surface area contributed by atoms with Gasteiger partial charge < -0.3 is 14.6 Å². The lowest BCUT2D eigenvalue weighted by Crippen LogP contribution is -3.12. The number of carbonyl (C=O) groups excluding carboxylic acids is 1. The van der Waals surface area contributed by atoms with Gasteiger partial charge in [-0.15, -0.1) is 0 Å². The second-order valence-electron chi connectivity index (χ2n) is 8.24. The summed E-state index contributed by atoms with van der Waals surface area (Å²) in [4.78, 5) is 14.0. The minimum absolute atomic E-state index is 0.0489. The first-order valence-corrected chi connectivity index (χ1v) is 13.2. The molecule has 0 spiro atoms. The van der Waals surface area contributed by atoms with Crippen LogP contribution in [0, 0.1) is 0 Å². The molecule has 3 aromatic rings. The summed E-state index contributed by atoms with van der Waals surface area (Å²) < 4.78 is 31.1. The number of carbonyl (C=O) groups is 1. The van der Waals surface area contributed by atoms with Gasteiger partial charge in [-0.3, -0.25) is 4.79 Å². The summed E-state index contributed by atoms with van der Waals surface area (Å²) in [6, 6.07) is 17.9. The summed E-state index contributed by atoms with van der Waals surface area (Å²) in [5.41, 5.74) is 1.31. The number of halogens is 2. The molecular formula is C24H25Cl2N2O4S+. The molecule has 174 valence electrons. The molecule has 33 heavy (non-hydrogen) atoms. The smallest absolute Gasteiger partial charge is 0.287 e. The van der Waals surface area contributed by atoms with Crippen LogP contribution in [0.25, 0.3) is 0 Å². The van der Waals surface area contributed by atoms with Gasteiger partial charge in [0.1, 0.15) is 23.0 Å². The maximum Gasteiger partial charge on any atom is 0.287 e. The van der Waals surface area contributed by atoms with Crippen LogP contribution < -0.4 is 10.2 Å². The molecule has 0 atom stereocenters. The van der Waals surface area contributed by atoms with E-state index in [2.05, 4.69) is 17.4 Å². The SMILES string of the molecule is O=C(NC1CC[NH+](Cc2ccccc2)CC1)c1ccc(CS(=O)(=O)c2c(Cl)cccc2Cl)o1. The van der Waals surface area contributed by atoms with Gasteiger partial charge in [-0.2, -0.15) is 0 Å². The van der Waals surface area contributed by atoms with Crippen LogP contribution in [-0.2, 0) is 22.1 Å². The number of quaternary nitrogens is 1. The van der Waals surface area contributed by atoms with Crippen LogP contribution >= 0.6 is 23.2 Å². The highest BCUT2D eigenvalue weighted by atomic mass is 35.5. The number of piperidine rings is 1. The van der Waals surface area contributed by atoms with Crippen molar-refractivity contribution < 1.29 is 22.5 Å². The van der Waals surface area contributed by atoms with Crippen LogP contribution in [0.2, 0.25) is 10.0 Å². The van der Waals surface area contributed by atoms with Crippen LogP contribution in [0.3, 0.4) is 0 Å². The first-order valence-electron chi connectivity index (χ1n) is 10.8. The van der Waals surface area contributed by atoms with Gasteiger partial charge in [0.2, 0.25) is 0 Å². The van der Waals surface area contributed by atoms with E-state index in [1.165, 1.54) is 34.7 Å². The standard InChI is InChI=1S/C24H24Cl2N2O4S/c25-20-7-4-8-21(26)23(20)33(30,31)16-19-9-10-22(32-19)24(29)27-18-11-13-28(14-12-18)15-17-5-2-1-3-6-17/h1-10,18H,11-16H2,(H,27,29)/p+1. The number of hydrogen-bond acceptors (Lipinski definition) is 4. The monoisotopic (exact) mass is 507 g/mol. The van der Waals surface area contributed by atoms with Crippen molar-refractivity contribution in [2.24, 2.45) is 0 Å². The molecule has 4 rings (SSSR count). The normalized spacial score (nSPS) is 18.7. The number of amides is 1. The van der Waals surface area contributed by atoms with Crippen LogP contribution in [0.1, 0.15) is 34.7 Å². The first kappa shape index (κ1) is 23.8. The Bertz CT molecular complexity index is 1200. The highest BCUT2D eigenvalue weighted by Crippen LogP contribution is 2.31. The van der Waals surface area contributed by atoms with E-state index in [0.717, 1.165) is 32.5 Å². The van der Waals surface area contributed by atoms with Crippen molar-refractivity contribution in [3.8, 4) is 0 Å². The fourth-order valence-electron chi connectivity index (χ4n) is 4.10. The summed E-state index contributed by atoms with van der Waals surface area (Å²) in [5.74, 6) is -0.543. The molecule has 0 bridgehead atoms. The average Bonchev–Trinajstić information content (AvgIpc) is 3.23. The Morgan fingerprint density at radius 2 is 1.64 bits per heavy atom. The largest absolute Gasteiger partial charge is 0.455 e. The third-order valence-corrected chi connectivity index (χ3v) is 8.35. The molecular weight excluding hydrogens is 483 g/mol. The minimum atomic E-state index is -3.84. The van der Waals surface area contributed by atoms with E-state index in [0.29, 0.717) is 0 Å². The highest BCUT2D eigenvalue weighted by Gasteiger charge is 2.27. The molecule has 0 aliphatic carbocycles. The number of likely N-dealkylation sites (tertiary alicyclic amines) is 1. The zero-order valence-electron chi connectivity index (χ0n) is 17.9. The van der Waals surface area contributed by atoms with Crippen molar-refractivity contribution in [1.82, 2.24) is 5.32 Å². The van der Waals surface area contributed by atoms with Gasteiger partial charge in [-0.1, -0.05) is 59.6 Å². The summed E-state index contributed by atoms with van der Waals surface area (Å²) in [7, 11) is -3.84. The average molecular weight is 508 g/mol. The van der Waals surface area contributed by atoms with E-state index in [9.17, 15) is 13.2 Å². The fraction of sp³-hybridized carbons (Fsp3) is 0.292. The Kier molecular flexibility index (Phi) is 7.44. The van der Waals surface area contributed by atoms with Crippen LogP contribution in [0.5, 0.6) is 0 Å². The number of hydrogen-bond donors (Lipinski definition) is 2. The van der Waals surface area contributed by atoms with Gasteiger partial charge in [-0.05, 0) is 24.3 Å². The van der Waals surface area contributed by atoms with E-state index in [1.54, 1.807) is 6.07 Å². The van der Waals surface area contributed by atoms with Gasteiger partial charge in [0, 0.05) is 24.4 Å². The van der Waals surface area contributed by atoms with E-state index in [1.807, 2.05) is 18.2 Å². The van der Waals surface area contributed by atoms with Crippen molar-refractivity contribution in [2.45, 2.75) is 36.1 Å². The number of rotatable bonds is 7. The summed E-state index contributed by atoms with van der Waals surface area (Å²) in [6.07, 6.45) is 1.75. The third kappa shape index (κ3) is 5.98. The zero-order valence-corrected chi connectivity index (χ0v) is 20.2. The van der Waals surface area contributed by atoms with Gasteiger partial charge in [0.15, 0.2) is 15.6 Å². The molecule has 1 aromatic heterocycles. The maximum atomic E-state index is 12.8. The molecule has 1 amide bonds. The molecule has 9 heteroatoms. The summed E-state index contributed by atoms with van der Waals surface area (Å²) in [5, 5.41) is 3.11. The second-order valence-corrected chi connectivity index (χ2v) is 11.0. The predicted molar refractivity (Wildman–Crippen MR) is 127 cm³/mol. The van der Waals surface area contributed by atoms with Gasteiger partial charge in [0.05, 0.1) is 23.1 Å². The molecule has 6 nitrogen and oxygen atoms in total. The number of sulfone groups is 1. The molecule has 2 N–H and O–H groups in total. The Morgan fingerprint density at radius 3 is 2.30 bits per heavy atom. The van der Waals surface area contributed by atoms with Crippen LogP contribution in [-0.4, -0.2) is 33.5 Å². The summed E-state index contributed by atoms with van der Waals surface area (Å²) in [6.45, 7) is 2.92. The Morgan fingerprint density at radius 1 is 0.970 bits per heavy atom. The number of benzene rings is 2. The quantitative estimate of drug-likeness (QED) is 0.512. The minimum Gasteiger partial charge on any atom is -0.455 e. The lowest BCUT2D eigenvalue weighted by atomic mass is 10.0. The lowest BCUT2D eigenvalue weighted by molar-refractivity contribution is -0.918. The Hall–Kier alpha value is -2.32. The maximum absolute atomic E-state index is 12.8. The van der Waals surface area contributed by atoms with Gasteiger partial charge in [0.25, 0.3) is 5.91 Å². The van der Waals surface area contributed by atoms with Gasteiger partial charge >= 0.3 is 0 Å². The third-order valence-electron chi connectivity index (χ3n) is 5.77. The topological polar surface area (TPSA) is 80.8 Å². The van der Waals surface area contributed by atoms with Crippen molar-refractivity contribution in [2.75, 3.05) is 13.1 Å². The Labute approximate surface area is 203 Å². The summed E-state index contributed by atoms with van der Waals surface area (Å²) >= 11 is 12.1. The molecule has 2 aromatic carbocycles. The van der Waals surface area contributed by atoms with Gasteiger partial charge in [-0.25, -0.2) is 8.42 Å². The first-order chi connectivity index (χ1) is 15.8. The van der Waals surface area contributed by atoms with E-state index in [4.69, 9.17) is 27.6 Å². The molecule has 1 saturated heterocycles. The van der Waals surface area contributed by atoms with Crippen molar-refractivity contribution in [3.05, 3.63) is 87.8 Å². The van der Waals surface area contributed by atoms with Crippen LogP contribution in [0.4, 0.5) is 0 Å². The van der Waals surface area contributed by atoms with Crippen LogP contribution in [0.15, 0.2) is 70.0 Å². The van der Waals surface area contributed by atoms with E-state index < -0.39 is 15.6 Å².